The van der Waals surface area contributed by atoms with Crippen LogP contribution >= 0.6 is 0 Å². The number of imide groups is 1. The Morgan fingerprint density at radius 3 is 2.50 bits per heavy atom. The molecular formula is C9H14N2O3. The molecule has 14 heavy (non-hydrogen) atoms. The van der Waals surface area contributed by atoms with E-state index in [0.717, 1.165) is 4.90 Å². The van der Waals surface area contributed by atoms with Gasteiger partial charge in [-0.05, 0) is 6.92 Å². The molecule has 0 aliphatic carbocycles. The van der Waals surface area contributed by atoms with E-state index in [0.29, 0.717) is 19.6 Å². The van der Waals surface area contributed by atoms with Crippen LogP contribution < -0.4 is 5.32 Å². The van der Waals surface area contributed by atoms with Gasteiger partial charge in [0.05, 0.1) is 6.10 Å². The maximum atomic E-state index is 11.1. The topological polar surface area (TPSA) is 69.6 Å². The van der Waals surface area contributed by atoms with Gasteiger partial charge in [0, 0.05) is 31.8 Å². The second-order valence-corrected chi connectivity index (χ2v) is 3.21. The third kappa shape index (κ3) is 2.93. The van der Waals surface area contributed by atoms with Crippen molar-refractivity contribution in [1.29, 1.82) is 0 Å². The minimum Gasteiger partial charge on any atom is -0.392 e. The van der Waals surface area contributed by atoms with Crippen LogP contribution in [0, 0.1) is 0 Å². The molecular weight excluding hydrogens is 184 g/mol. The maximum absolute atomic E-state index is 11.1. The van der Waals surface area contributed by atoms with Gasteiger partial charge in [0.25, 0.3) is 11.8 Å². The number of carbonyl (C=O) groups excluding carboxylic acids is 2. The van der Waals surface area contributed by atoms with Gasteiger partial charge in [0.2, 0.25) is 0 Å². The molecule has 5 nitrogen and oxygen atoms in total. The molecule has 2 N–H and O–H groups in total. The molecule has 0 aromatic rings. The van der Waals surface area contributed by atoms with Crippen LogP contribution in [0.25, 0.3) is 0 Å². The first-order valence-electron chi connectivity index (χ1n) is 4.53. The summed E-state index contributed by atoms with van der Waals surface area (Å²) in [5.74, 6) is -0.539. The summed E-state index contributed by atoms with van der Waals surface area (Å²) in [6.07, 6.45) is 2.10. The molecule has 1 rings (SSSR count). The van der Waals surface area contributed by atoms with Crippen LogP contribution in [0.5, 0.6) is 0 Å². The van der Waals surface area contributed by atoms with Gasteiger partial charge in [-0.15, -0.1) is 0 Å². The van der Waals surface area contributed by atoms with E-state index in [2.05, 4.69) is 5.32 Å². The SMILES string of the molecule is CC(O)CNCCN1C(=O)C=CC1=O. The monoisotopic (exact) mass is 198 g/mol. The Bertz CT molecular complexity index is 243. The molecule has 78 valence electrons. The molecule has 0 saturated heterocycles. The molecule has 0 bridgehead atoms. The fourth-order valence-corrected chi connectivity index (χ4v) is 1.15. The highest BCUT2D eigenvalue weighted by Crippen LogP contribution is 2.01. The molecule has 5 heteroatoms. The summed E-state index contributed by atoms with van der Waals surface area (Å²) in [6, 6.07) is 0. The second-order valence-electron chi connectivity index (χ2n) is 3.21. The standard InChI is InChI=1S/C9H14N2O3/c1-7(12)6-10-4-5-11-8(13)2-3-9(11)14/h2-3,7,10,12H,4-6H2,1H3. The van der Waals surface area contributed by atoms with Gasteiger partial charge < -0.3 is 10.4 Å². The highest BCUT2D eigenvalue weighted by Gasteiger charge is 2.22. The van der Waals surface area contributed by atoms with Crippen molar-refractivity contribution >= 4 is 11.8 Å². The molecule has 1 aliphatic heterocycles. The first-order valence-corrected chi connectivity index (χ1v) is 4.53. The molecule has 0 fully saturated rings. The number of nitrogens with zero attached hydrogens (tertiary/aromatic N) is 1. The summed E-state index contributed by atoms with van der Waals surface area (Å²) in [5, 5.41) is 11.9. The van der Waals surface area contributed by atoms with Crippen molar-refractivity contribution in [3.05, 3.63) is 12.2 Å². The number of hydrogen-bond donors (Lipinski definition) is 2. The van der Waals surface area contributed by atoms with Crippen LogP contribution in [0.1, 0.15) is 6.92 Å². The smallest absolute Gasteiger partial charge is 0.253 e. The molecule has 0 saturated carbocycles. The molecule has 0 aromatic heterocycles. The van der Waals surface area contributed by atoms with Crippen molar-refractivity contribution < 1.29 is 14.7 Å². The van der Waals surface area contributed by atoms with Crippen molar-refractivity contribution in [2.75, 3.05) is 19.6 Å². The third-order valence-corrected chi connectivity index (χ3v) is 1.85. The summed E-state index contributed by atoms with van der Waals surface area (Å²) in [7, 11) is 0. The van der Waals surface area contributed by atoms with E-state index in [1.54, 1.807) is 6.92 Å². The van der Waals surface area contributed by atoms with E-state index in [9.17, 15) is 9.59 Å². The Morgan fingerprint density at radius 2 is 2.00 bits per heavy atom. The van der Waals surface area contributed by atoms with Crippen molar-refractivity contribution in [1.82, 2.24) is 10.2 Å². The van der Waals surface area contributed by atoms with Crippen LogP contribution in [0.3, 0.4) is 0 Å². The summed E-state index contributed by atoms with van der Waals surface area (Å²) in [5.41, 5.74) is 0. The van der Waals surface area contributed by atoms with Gasteiger partial charge in [-0.3, -0.25) is 14.5 Å². The fraction of sp³-hybridized carbons (Fsp3) is 0.556. The highest BCUT2D eigenvalue weighted by molar-refractivity contribution is 6.12. The van der Waals surface area contributed by atoms with Gasteiger partial charge in [-0.2, -0.15) is 0 Å². The summed E-state index contributed by atoms with van der Waals surface area (Å²) < 4.78 is 0. The first-order chi connectivity index (χ1) is 6.61. The average Bonchev–Trinajstić information content (AvgIpc) is 2.42. The minimum absolute atomic E-state index is 0.270. The number of amides is 2. The number of aliphatic hydroxyl groups excluding tert-OH is 1. The quantitative estimate of drug-likeness (QED) is 0.434. The Balaban J connectivity index is 2.19. The molecule has 0 radical (unpaired) electrons. The molecule has 0 spiro atoms. The van der Waals surface area contributed by atoms with Crippen LogP contribution in [0.4, 0.5) is 0 Å². The van der Waals surface area contributed by atoms with Gasteiger partial charge in [0.1, 0.15) is 0 Å². The lowest BCUT2D eigenvalue weighted by molar-refractivity contribution is -0.136. The van der Waals surface area contributed by atoms with Crippen LogP contribution in [-0.4, -0.2) is 47.6 Å². The number of nitrogens with one attached hydrogen (secondary N) is 1. The Hall–Kier alpha value is -1.20. The van der Waals surface area contributed by atoms with E-state index >= 15 is 0 Å². The van der Waals surface area contributed by atoms with E-state index < -0.39 is 6.10 Å². The lowest BCUT2D eigenvalue weighted by atomic mass is 10.4. The van der Waals surface area contributed by atoms with Crippen molar-refractivity contribution in [3.63, 3.8) is 0 Å². The molecule has 0 aromatic carbocycles. The molecule has 2 amide bonds. The van der Waals surface area contributed by atoms with Gasteiger partial charge in [-0.25, -0.2) is 0 Å². The molecule has 1 unspecified atom stereocenters. The summed E-state index contributed by atoms with van der Waals surface area (Å²) >= 11 is 0. The Kier molecular flexibility index (Phi) is 3.79. The van der Waals surface area contributed by atoms with Crippen molar-refractivity contribution in [2.45, 2.75) is 13.0 Å². The van der Waals surface area contributed by atoms with Crippen molar-refractivity contribution in [3.8, 4) is 0 Å². The zero-order valence-electron chi connectivity index (χ0n) is 8.06. The largest absolute Gasteiger partial charge is 0.392 e. The number of aliphatic hydroxyl groups is 1. The van der Waals surface area contributed by atoms with Crippen LogP contribution in [-0.2, 0) is 9.59 Å². The minimum atomic E-state index is -0.418. The molecule has 1 heterocycles. The number of rotatable bonds is 5. The van der Waals surface area contributed by atoms with Crippen molar-refractivity contribution in [2.24, 2.45) is 0 Å². The molecule has 1 aliphatic rings. The molecule has 1 atom stereocenters. The Labute approximate surface area is 82.4 Å². The lowest BCUT2D eigenvalue weighted by Gasteiger charge is -2.14. The van der Waals surface area contributed by atoms with E-state index in [-0.39, 0.29) is 11.8 Å². The summed E-state index contributed by atoms with van der Waals surface area (Å²) in [6.45, 7) is 2.98. The second kappa shape index (κ2) is 4.88. The lowest BCUT2D eigenvalue weighted by Crippen LogP contribution is -2.38. The van der Waals surface area contributed by atoms with Crippen LogP contribution in [0.15, 0.2) is 12.2 Å². The van der Waals surface area contributed by atoms with E-state index in [4.69, 9.17) is 5.11 Å². The normalized spacial score (nSPS) is 18.0. The number of hydrogen-bond acceptors (Lipinski definition) is 4. The summed E-state index contributed by atoms with van der Waals surface area (Å²) in [4.78, 5) is 23.3. The first kappa shape index (κ1) is 10.9. The predicted octanol–water partition coefficient (Wildman–Crippen LogP) is -1.12. The van der Waals surface area contributed by atoms with Gasteiger partial charge >= 0.3 is 0 Å². The van der Waals surface area contributed by atoms with E-state index in [1.807, 2.05) is 0 Å². The van der Waals surface area contributed by atoms with E-state index in [1.165, 1.54) is 12.2 Å². The Morgan fingerprint density at radius 1 is 1.43 bits per heavy atom. The van der Waals surface area contributed by atoms with Gasteiger partial charge in [-0.1, -0.05) is 0 Å². The maximum Gasteiger partial charge on any atom is 0.253 e. The third-order valence-electron chi connectivity index (χ3n) is 1.85. The highest BCUT2D eigenvalue weighted by atomic mass is 16.3. The number of carbonyl (C=O) groups is 2. The zero-order valence-corrected chi connectivity index (χ0v) is 8.06. The average molecular weight is 198 g/mol. The predicted molar refractivity (Wildman–Crippen MR) is 50.4 cm³/mol. The van der Waals surface area contributed by atoms with Gasteiger partial charge in [0.15, 0.2) is 0 Å². The van der Waals surface area contributed by atoms with Crippen LogP contribution in [0.2, 0.25) is 0 Å². The zero-order chi connectivity index (χ0) is 10.6. The fourth-order valence-electron chi connectivity index (χ4n) is 1.15.